The molecular weight excluding hydrogens is 586 g/mol. The van der Waals surface area contributed by atoms with Crippen LogP contribution >= 0.6 is 11.6 Å². The molecule has 0 radical (unpaired) electrons. The van der Waals surface area contributed by atoms with Crippen LogP contribution in [0.3, 0.4) is 0 Å². The number of pyridine rings is 1. The van der Waals surface area contributed by atoms with Crippen LogP contribution in [0.1, 0.15) is 36.1 Å². The molecule has 214 valence electrons. The molecular formula is C26H21ClF6N2O4S. The Kier molecular flexibility index (Phi) is 8.01. The van der Waals surface area contributed by atoms with Crippen LogP contribution in [-0.4, -0.2) is 33.2 Å². The molecule has 3 aromatic rings. The van der Waals surface area contributed by atoms with E-state index in [9.17, 15) is 34.8 Å². The van der Waals surface area contributed by atoms with Gasteiger partial charge in [-0.3, -0.25) is 4.31 Å². The van der Waals surface area contributed by atoms with Gasteiger partial charge in [0.25, 0.3) is 10.0 Å². The fourth-order valence-electron chi connectivity index (χ4n) is 4.17. The standard InChI is InChI=1S/C26H21ClF6N2O4S/c1-3-38-24-22(13-17(14-34-24)25(28,29)30)40(36,37)35-9-10-39-21-8-7-16(12-20(21)35)11-15(2)23-18(26(31,32)33)5-4-6-19(23)27/h4-8,11-14H,3,9-10H2,1-2H3/b15-11+. The normalized spacial score (nSPS) is 14.5. The SMILES string of the molecule is CCOc1ncc(C(F)(F)F)cc1S(=O)(=O)N1CCOc2ccc(/C=C(\C)c3c(Cl)cccc3C(F)(F)F)cc21. The summed E-state index contributed by atoms with van der Waals surface area (Å²) in [5, 5.41) is -0.130. The molecule has 0 unspecified atom stereocenters. The maximum absolute atomic E-state index is 13.7. The van der Waals surface area contributed by atoms with Gasteiger partial charge in [-0.25, -0.2) is 13.4 Å². The van der Waals surface area contributed by atoms with Crippen LogP contribution in [-0.2, 0) is 22.4 Å². The molecule has 0 saturated heterocycles. The summed E-state index contributed by atoms with van der Waals surface area (Å²) >= 11 is 6.10. The molecule has 1 aromatic heterocycles. The largest absolute Gasteiger partial charge is 0.489 e. The van der Waals surface area contributed by atoms with Crippen LogP contribution < -0.4 is 13.8 Å². The first kappa shape index (κ1) is 29.5. The third kappa shape index (κ3) is 5.85. The van der Waals surface area contributed by atoms with Gasteiger partial charge in [0, 0.05) is 16.8 Å². The first-order valence-corrected chi connectivity index (χ1v) is 13.5. The molecule has 0 fully saturated rings. The third-order valence-electron chi connectivity index (χ3n) is 5.89. The quantitative estimate of drug-likeness (QED) is 0.217. The van der Waals surface area contributed by atoms with Gasteiger partial charge >= 0.3 is 12.4 Å². The zero-order chi connectivity index (χ0) is 29.5. The average Bonchev–Trinajstić information content (AvgIpc) is 2.87. The lowest BCUT2D eigenvalue weighted by molar-refractivity contribution is -0.138. The number of allylic oxidation sites excluding steroid dienone is 1. The Balaban J connectivity index is 1.82. The molecule has 0 aliphatic carbocycles. The van der Waals surface area contributed by atoms with Crippen molar-refractivity contribution in [2.45, 2.75) is 31.1 Å². The number of anilines is 1. The highest BCUT2D eigenvalue weighted by Gasteiger charge is 2.38. The highest BCUT2D eigenvalue weighted by Crippen LogP contribution is 2.42. The van der Waals surface area contributed by atoms with E-state index >= 15 is 0 Å². The lowest BCUT2D eigenvalue weighted by Crippen LogP contribution is -2.38. The van der Waals surface area contributed by atoms with E-state index in [1.807, 2.05) is 0 Å². The number of ether oxygens (including phenoxy) is 2. The van der Waals surface area contributed by atoms with Crippen molar-refractivity contribution >= 4 is 39.0 Å². The molecule has 0 atom stereocenters. The van der Waals surface area contributed by atoms with E-state index in [0.717, 1.165) is 10.4 Å². The number of nitrogens with zero attached hydrogens (tertiary/aromatic N) is 2. The Labute approximate surface area is 230 Å². The van der Waals surface area contributed by atoms with E-state index < -0.39 is 44.3 Å². The minimum Gasteiger partial charge on any atom is -0.489 e. The average molecular weight is 607 g/mol. The van der Waals surface area contributed by atoms with Crippen molar-refractivity contribution in [3.8, 4) is 11.6 Å². The molecule has 0 saturated carbocycles. The van der Waals surface area contributed by atoms with Gasteiger partial charge in [0.1, 0.15) is 12.4 Å². The van der Waals surface area contributed by atoms with Crippen molar-refractivity contribution in [1.29, 1.82) is 0 Å². The van der Waals surface area contributed by atoms with Crippen LogP contribution in [0.15, 0.2) is 53.6 Å². The lowest BCUT2D eigenvalue weighted by atomic mass is 9.98. The van der Waals surface area contributed by atoms with Crippen molar-refractivity contribution in [2.75, 3.05) is 24.1 Å². The van der Waals surface area contributed by atoms with Gasteiger partial charge in [-0.1, -0.05) is 29.8 Å². The Morgan fingerprint density at radius 1 is 1.12 bits per heavy atom. The van der Waals surface area contributed by atoms with Gasteiger partial charge in [0.15, 0.2) is 4.90 Å². The third-order valence-corrected chi connectivity index (χ3v) is 8.02. The predicted molar refractivity (Wildman–Crippen MR) is 137 cm³/mol. The molecule has 40 heavy (non-hydrogen) atoms. The first-order chi connectivity index (χ1) is 18.6. The van der Waals surface area contributed by atoms with E-state index in [2.05, 4.69) is 4.98 Å². The maximum Gasteiger partial charge on any atom is 0.417 e. The maximum atomic E-state index is 13.7. The molecule has 14 heteroatoms. The molecule has 6 nitrogen and oxygen atoms in total. The number of sulfonamides is 1. The fraction of sp³-hybridized carbons (Fsp3) is 0.269. The summed E-state index contributed by atoms with van der Waals surface area (Å²) in [7, 11) is -4.67. The van der Waals surface area contributed by atoms with Gasteiger partial charge in [0.2, 0.25) is 5.88 Å². The van der Waals surface area contributed by atoms with Crippen molar-refractivity contribution in [2.24, 2.45) is 0 Å². The number of halogens is 7. The van der Waals surface area contributed by atoms with E-state index in [1.54, 1.807) is 0 Å². The molecule has 1 aliphatic heterocycles. The number of rotatable bonds is 6. The van der Waals surface area contributed by atoms with E-state index in [0.29, 0.717) is 17.8 Å². The highest BCUT2D eigenvalue weighted by atomic mass is 35.5. The summed E-state index contributed by atoms with van der Waals surface area (Å²) in [5.41, 5.74) is -2.06. The van der Waals surface area contributed by atoms with E-state index in [1.165, 1.54) is 50.3 Å². The smallest absolute Gasteiger partial charge is 0.417 e. The molecule has 4 rings (SSSR count). The summed E-state index contributed by atoms with van der Waals surface area (Å²) in [6.07, 6.45) is -7.68. The number of hydrogen-bond donors (Lipinski definition) is 0. The van der Waals surface area contributed by atoms with Gasteiger partial charge < -0.3 is 9.47 Å². The second-order valence-electron chi connectivity index (χ2n) is 8.60. The van der Waals surface area contributed by atoms with Gasteiger partial charge in [-0.15, -0.1) is 0 Å². The minimum atomic E-state index is -4.87. The van der Waals surface area contributed by atoms with Gasteiger partial charge in [-0.2, -0.15) is 26.3 Å². The van der Waals surface area contributed by atoms with Gasteiger partial charge in [-0.05, 0) is 55.3 Å². The molecule has 2 heterocycles. The minimum absolute atomic E-state index is 0.0251. The Bertz CT molecular complexity index is 1570. The molecule has 0 bridgehead atoms. The summed E-state index contributed by atoms with van der Waals surface area (Å²) in [6, 6.07) is 8.11. The Morgan fingerprint density at radius 3 is 2.50 bits per heavy atom. The van der Waals surface area contributed by atoms with Crippen LogP contribution in [0.4, 0.5) is 32.0 Å². The summed E-state index contributed by atoms with van der Waals surface area (Å²) in [4.78, 5) is 2.79. The number of fused-ring (bicyclic) bond motifs is 1. The number of alkyl halides is 6. The van der Waals surface area contributed by atoms with Crippen molar-refractivity contribution in [1.82, 2.24) is 4.98 Å². The molecule has 0 N–H and O–H groups in total. The second kappa shape index (κ2) is 10.8. The molecule has 2 aromatic carbocycles. The number of aromatic nitrogens is 1. The Hall–Kier alpha value is -3.45. The molecule has 0 spiro atoms. The highest BCUT2D eigenvalue weighted by molar-refractivity contribution is 7.93. The Morgan fingerprint density at radius 2 is 1.85 bits per heavy atom. The summed E-state index contributed by atoms with van der Waals surface area (Å²) in [6.45, 7) is 2.52. The van der Waals surface area contributed by atoms with Crippen LogP contribution in [0, 0.1) is 0 Å². The first-order valence-electron chi connectivity index (χ1n) is 11.7. The van der Waals surface area contributed by atoms with E-state index in [-0.39, 0.29) is 47.4 Å². The topological polar surface area (TPSA) is 68.7 Å². The fourth-order valence-corrected chi connectivity index (χ4v) is 6.05. The van der Waals surface area contributed by atoms with Crippen molar-refractivity contribution in [3.05, 3.63) is 75.9 Å². The number of benzene rings is 2. The van der Waals surface area contributed by atoms with E-state index in [4.69, 9.17) is 21.1 Å². The van der Waals surface area contributed by atoms with Crippen molar-refractivity contribution < 1.29 is 44.2 Å². The lowest BCUT2D eigenvalue weighted by Gasteiger charge is -2.31. The molecule has 1 aliphatic rings. The zero-order valence-corrected chi connectivity index (χ0v) is 22.5. The van der Waals surface area contributed by atoms with Crippen LogP contribution in [0.5, 0.6) is 11.6 Å². The second-order valence-corrected chi connectivity index (χ2v) is 10.8. The predicted octanol–water partition coefficient (Wildman–Crippen LogP) is 7.32. The zero-order valence-electron chi connectivity index (χ0n) is 20.9. The summed E-state index contributed by atoms with van der Waals surface area (Å²) in [5.74, 6) is -0.398. The van der Waals surface area contributed by atoms with Crippen LogP contribution in [0.25, 0.3) is 11.6 Å². The van der Waals surface area contributed by atoms with Gasteiger partial charge in [0.05, 0.1) is 30.0 Å². The number of hydrogen-bond acceptors (Lipinski definition) is 5. The van der Waals surface area contributed by atoms with Crippen molar-refractivity contribution in [3.63, 3.8) is 0 Å². The molecule has 0 amide bonds. The van der Waals surface area contributed by atoms with Crippen LogP contribution in [0.2, 0.25) is 5.02 Å². The summed E-state index contributed by atoms with van der Waals surface area (Å²) < 4.78 is 120. The monoisotopic (exact) mass is 606 g/mol.